The lowest BCUT2D eigenvalue weighted by atomic mass is 10.0. The van der Waals surface area contributed by atoms with Crippen molar-refractivity contribution in [1.82, 2.24) is 10.2 Å². The highest BCUT2D eigenvalue weighted by Gasteiger charge is 2.48. The highest BCUT2D eigenvalue weighted by molar-refractivity contribution is 5.85. The number of halogens is 1. The molecular formula is C12H21ClN2O. The van der Waals surface area contributed by atoms with E-state index in [1.807, 2.05) is 0 Å². The molecule has 16 heavy (non-hydrogen) atoms. The van der Waals surface area contributed by atoms with Gasteiger partial charge in [-0.15, -0.1) is 12.4 Å². The first-order chi connectivity index (χ1) is 7.17. The van der Waals surface area contributed by atoms with Gasteiger partial charge < -0.3 is 10.2 Å². The van der Waals surface area contributed by atoms with Crippen LogP contribution in [0.3, 0.4) is 0 Å². The van der Waals surface area contributed by atoms with Crippen molar-refractivity contribution in [3.63, 3.8) is 0 Å². The van der Waals surface area contributed by atoms with Crippen molar-refractivity contribution < 1.29 is 4.79 Å². The predicted octanol–water partition coefficient (Wildman–Crippen LogP) is 1.56. The van der Waals surface area contributed by atoms with Crippen LogP contribution >= 0.6 is 12.4 Å². The number of hydrogen-bond acceptors (Lipinski definition) is 2. The number of fused-ring (bicyclic) bond motifs is 2. The summed E-state index contributed by atoms with van der Waals surface area (Å²) in [5, 5.41) is 3.62. The lowest BCUT2D eigenvalue weighted by Gasteiger charge is -2.27. The maximum absolute atomic E-state index is 12.2. The van der Waals surface area contributed by atoms with Gasteiger partial charge >= 0.3 is 0 Å². The molecule has 1 N–H and O–H groups in total. The van der Waals surface area contributed by atoms with Crippen molar-refractivity contribution in [1.29, 1.82) is 0 Å². The van der Waals surface area contributed by atoms with Gasteiger partial charge in [0.25, 0.3) is 0 Å². The summed E-state index contributed by atoms with van der Waals surface area (Å²) in [5.41, 5.74) is 0.0174. The summed E-state index contributed by atoms with van der Waals surface area (Å²) in [6.07, 6.45) is 5.92. The van der Waals surface area contributed by atoms with Crippen molar-refractivity contribution in [2.45, 2.75) is 51.1 Å². The van der Waals surface area contributed by atoms with Gasteiger partial charge in [0.05, 0.1) is 0 Å². The van der Waals surface area contributed by atoms with Gasteiger partial charge in [0.2, 0.25) is 5.91 Å². The van der Waals surface area contributed by atoms with Crippen molar-refractivity contribution in [3.05, 3.63) is 0 Å². The zero-order valence-electron chi connectivity index (χ0n) is 9.87. The van der Waals surface area contributed by atoms with Gasteiger partial charge in [0, 0.05) is 30.6 Å². The number of carbonyl (C=O) groups is 1. The molecule has 3 rings (SSSR count). The molecule has 0 radical (unpaired) electrons. The van der Waals surface area contributed by atoms with E-state index in [2.05, 4.69) is 17.1 Å². The van der Waals surface area contributed by atoms with E-state index < -0.39 is 0 Å². The first-order valence-corrected chi connectivity index (χ1v) is 6.23. The fourth-order valence-electron chi connectivity index (χ4n) is 2.91. The summed E-state index contributed by atoms with van der Waals surface area (Å²) in [6, 6.07) is 1.25. The van der Waals surface area contributed by atoms with Crippen LogP contribution in [0.5, 0.6) is 0 Å². The Morgan fingerprint density at radius 1 is 1.25 bits per heavy atom. The number of likely N-dealkylation sites (tertiary alicyclic amines) is 1. The van der Waals surface area contributed by atoms with Crippen molar-refractivity contribution >= 4 is 18.3 Å². The third kappa shape index (κ3) is 2.07. The van der Waals surface area contributed by atoms with Gasteiger partial charge in [-0.2, -0.15) is 0 Å². The average molecular weight is 245 g/mol. The van der Waals surface area contributed by atoms with Gasteiger partial charge in [0.1, 0.15) is 0 Å². The molecule has 1 aliphatic carbocycles. The largest absolute Gasteiger partial charge is 0.341 e. The van der Waals surface area contributed by atoms with E-state index in [0.29, 0.717) is 18.0 Å². The minimum absolute atomic E-state index is 0. The summed E-state index contributed by atoms with van der Waals surface area (Å²) in [5.74, 6) is 0.414. The number of carbonyl (C=O) groups excluding carboxylic acids is 1. The topological polar surface area (TPSA) is 32.3 Å². The molecule has 0 spiro atoms. The Morgan fingerprint density at radius 3 is 2.62 bits per heavy atom. The monoisotopic (exact) mass is 244 g/mol. The third-order valence-electron chi connectivity index (χ3n) is 4.33. The van der Waals surface area contributed by atoms with Gasteiger partial charge in [0.15, 0.2) is 0 Å². The van der Waals surface area contributed by atoms with Crippen LogP contribution in [0.15, 0.2) is 0 Å². The Morgan fingerprint density at radius 2 is 1.94 bits per heavy atom. The van der Waals surface area contributed by atoms with E-state index in [4.69, 9.17) is 0 Å². The second-order valence-electron chi connectivity index (χ2n) is 5.74. The number of hydrogen-bond donors (Lipinski definition) is 1. The molecule has 4 heteroatoms. The summed E-state index contributed by atoms with van der Waals surface area (Å²) in [4.78, 5) is 14.3. The average Bonchev–Trinajstić information content (AvgIpc) is 2.84. The maximum Gasteiger partial charge on any atom is 0.228 e. The van der Waals surface area contributed by atoms with Crippen LogP contribution in [0.4, 0.5) is 0 Å². The van der Waals surface area contributed by atoms with Gasteiger partial charge in [-0.05, 0) is 32.1 Å². The standard InChI is InChI=1S/C12H20N2O.ClH/c1-12(5-6-12)11(15)14-7-4-9-2-3-10(8-14)13-9;/h9-10,13H,2-8H2,1H3;1H. The molecule has 0 aromatic heterocycles. The molecule has 3 aliphatic rings. The number of nitrogens with zero attached hydrogens (tertiary/aromatic N) is 1. The predicted molar refractivity (Wildman–Crippen MR) is 65.7 cm³/mol. The van der Waals surface area contributed by atoms with E-state index in [1.54, 1.807) is 0 Å². The Labute approximate surface area is 103 Å². The zero-order chi connectivity index (χ0) is 10.5. The Kier molecular flexibility index (Phi) is 3.19. The van der Waals surface area contributed by atoms with Gasteiger partial charge in [-0.3, -0.25) is 4.79 Å². The number of amides is 1. The molecule has 92 valence electrons. The highest BCUT2D eigenvalue weighted by atomic mass is 35.5. The van der Waals surface area contributed by atoms with Crippen molar-refractivity contribution in [3.8, 4) is 0 Å². The maximum atomic E-state index is 12.2. The molecule has 3 nitrogen and oxygen atoms in total. The zero-order valence-corrected chi connectivity index (χ0v) is 10.7. The molecule has 1 amide bonds. The van der Waals surface area contributed by atoms with Gasteiger partial charge in [-0.1, -0.05) is 6.92 Å². The third-order valence-corrected chi connectivity index (χ3v) is 4.33. The molecule has 2 unspecified atom stereocenters. The minimum atomic E-state index is 0. The summed E-state index contributed by atoms with van der Waals surface area (Å²) < 4.78 is 0. The lowest BCUT2D eigenvalue weighted by Crippen LogP contribution is -2.42. The van der Waals surface area contributed by atoms with Crippen LogP contribution in [0, 0.1) is 5.41 Å². The van der Waals surface area contributed by atoms with Crippen LogP contribution in [-0.2, 0) is 4.79 Å². The summed E-state index contributed by atoms with van der Waals surface area (Å²) >= 11 is 0. The fourth-order valence-corrected chi connectivity index (χ4v) is 2.91. The van der Waals surface area contributed by atoms with Crippen LogP contribution in [0.1, 0.15) is 39.0 Å². The second kappa shape index (κ2) is 4.19. The molecular weight excluding hydrogens is 224 g/mol. The lowest BCUT2D eigenvalue weighted by molar-refractivity contribution is -0.136. The summed E-state index contributed by atoms with van der Waals surface area (Å²) in [7, 11) is 0. The molecule has 1 saturated carbocycles. The molecule has 2 aliphatic heterocycles. The molecule has 2 bridgehead atoms. The Hall–Kier alpha value is -0.280. The second-order valence-corrected chi connectivity index (χ2v) is 5.74. The Bertz CT molecular complexity index is 291. The molecule has 2 atom stereocenters. The number of nitrogens with one attached hydrogen (secondary N) is 1. The minimum Gasteiger partial charge on any atom is -0.341 e. The van der Waals surface area contributed by atoms with E-state index >= 15 is 0 Å². The molecule has 0 aromatic carbocycles. The SMILES string of the molecule is CC1(C(=O)N2CCC3CCC(C2)N3)CC1.Cl. The van der Waals surface area contributed by atoms with E-state index in [0.717, 1.165) is 32.4 Å². The first-order valence-electron chi connectivity index (χ1n) is 6.23. The van der Waals surface area contributed by atoms with Crippen molar-refractivity contribution in [2.75, 3.05) is 13.1 Å². The van der Waals surface area contributed by atoms with E-state index in [1.165, 1.54) is 12.8 Å². The molecule has 0 aromatic rings. The normalized spacial score (nSPS) is 35.2. The molecule has 3 fully saturated rings. The van der Waals surface area contributed by atoms with Gasteiger partial charge in [-0.25, -0.2) is 0 Å². The highest BCUT2D eigenvalue weighted by Crippen LogP contribution is 2.46. The quantitative estimate of drug-likeness (QED) is 0.759. The van der Waals surface area contributed by atoms with Crippen molar-refractivity contribution in [2.24, 2.45) is 5.41 Å². The van der Waals surface area contributed by atoms with Crippen LogP contribution in [0.25, 0.3) is 0 Å². The number of rotatable bonds is 1. The van der Waals surface area contributed by atoms with Crippen LogP contribution < -0.4 is 5.32 Å². The van der Waals surface area contributed by atoms with E-state index in [9.17, 15) is 4.79 Å². The van der Waals surface area contributed by atoms with Crippen LogP contribution in [-0.4, -0.2) is 36.0 Å². The van der Waals surface area contributed by atoms with Crippen LogP contribution in [0.2, 0.25) is 0 Å². The molecule has 2 heterocycles. The summed E-state index contributed by atoms with van der Waals surface area (Å²) in [6.45, 7) is 4.04. The first kappa shape index (κ1) is 12.2. The van der Waals surface area contributed by atoms with E-state index in [-0.39, 0.29) is 17.8 Å². The Balaban J connectivity index is 0.000000963. The molecule has 2 saturated heterocycles. The smallest absolute Gasteiger partial charge is 0.228 e. The fraction of sp³-hybridized carbons (Fsp3) is 0.917.